The Balaban J connectivity index is 3.89. The molecule has 0 radical (unpaired) electrons. The molecule has 1 N–H and O–H groups in total. The quantitative estimate of drug-likeness (QED) is 0.705. The molecule has 0 aliphatic rings. The molecule has 0 atom stereocenters. The average molecular weight is 205 g/mol. The lowest BCUT2D eigenvalue weighted by molar-refractivity contribution is 0.0694. The van der Waals surface area contributed by atoms with E-state index < -0.39 is 11.4 Å². The predicted octanol–water partition coefficient (Wildman–Crippen LogP) is -0.540. The maximum Gasteiger partial charge on any atom is 0.341 e. The summed E-state index contributed by atoms with van der Waals surface area (Å²) in [5.41, 5.74) is -0.802. The van der Waals surface area contributed by atoms with E-state index in [4.69, 9.17) is 5.11 Å². The molecule has 0 unspecified atom stereocenters. The molecule has 0 fully saturated rings. The minimum atomic E-state index is -1.24. The van der Waals surface area contributed by atoms with Gasteiger partial charge in [-0.2, -0.15) is 0 Å². The highest BCUT2D eigenvalue weighted by Gasteiger charge is 2.09. The van der Waals surface area contributed by atoms with Crippen molar-refractivity contribution in [1.29, 1.82) is 0 Å². The Morgan fingerprint density at radius 1 is 1.60 bits per heavy atom. The van der Waals surface area contributed by atoms with Crippen LogP contribution in [0.4, 0.5) is 0 Å². The van der Waals surface area contributed by atoms with Gasteiger partial charge in [-0.05, 0) is 6.08 Å². The molecule has 1 aromatic rings. The van der Waals surface area contributed by atoms with E-state index in [1.807, 2.05) is 0 Å². The second kappa shape index (κ2) is 3.96. The largest absolute Gasteiger partial charge is 0.477 e. The Morgan fingerprint density at radius 3 is 2.67 bits per heavy atom. The zero-order chi connectivity index (χ0) is 11.6. The third kappa shape index (κ3) is 1.88. The van der Waals surface area contributed by atoms with Crippen LogP contribution in [-0.4, -0.2) is 15.6 Å². The van der Waals surface area contributed by atoms with Crippen LogP contribution in [0.1, 0.15) is 10.4 Å². The van der Waals surface area contributed by atoms with Gasteiger partial charge in [0.2, 0.25) is 5.43 Å². The number of aryl methyl sites for hydroxylation is 1. The van der Waals surface area contributed by atoms with Crippen molar-refractivity contribution >= 4 is 18.6 Å². The molecule has 0 aromatic carbocycles. The maximum absolute atomic E-state index is 11.7. The molecule has 1 aromatic heterocycles. The lowest BCUT2D eigenvalue weighted by Crippen LogP contribution is -2.46. The molecule has 1 rings (SSSR count). The van der Waals surface area contributed by atoms with Crippen LogP contribution in [0.3, 0.4) is 0 Å². The van der Waals surface area contributed by atoms with Gasteiger partial charge >= 0.3 is 5.97 Å². The summed E-state index contributed by atoms with van der Waals surface area (Å²) in [5.74, 6) is -1.24. The monoisotopic (exact) mass is 205 g/mol. The number of allylic oxidation sites excluding steroid dienone is 1. The molecule has 1 heterocycles. The highest BCUT2D eigenvalue weighted by Crippen LogP contribution is 1.84. The number of aromatic nitrogens is 1. The number of rotatable bonds is 2. The standard InChI is InChI=1S/C11H11NO3/c1-4-5-8-7(2)12(3)6-9(10(8)13)11(14)15/h4-6H,1-2H2,3H3,(H,14,15)/b8-5+. The average Bonchev–Trinajstić information content (AvgIpc) is 2.18. The highest BCUT2D eigenvalue weighted by molar-refractivity contribution is 5.87. The van der Waals surface area contributed by atoms with Gasteiger partial charge in [-0.1, -0.05) is 19.2 Å². The number of carboxylic acid groups (broad SMARTS) is 1. The first-order valence-electron chi connectivity index (χ1n) is 4.23. The van der Waals surface area contributed by atoms with Gasteiger partial charge in [0.1, 0.15) is 5.56 Å². The summed E-state index contributed by atoms with van der Waals surface area (Å²) in [6, 6.07) is 0. The third-order valence-corrected chi connectivity index (χ3v) is 2.06. The fraction of sp³-hybridized carbons (Fsp3) is 0.0909. The molecule has 0 aliphatic carbocycles. The van der Waals surface area contributed by atoms with Gasteiger partial charge in [0.05, 0.1) is 0 Å². The minimum absolute atomic E-state index is 0.257. The molecular formula is C11H11NO3. The minimum Gasteiger partial charge on any atom is -0.477 e. The smallest absolute Gasteiger partial charge is 0.341 e. The zero-order valence-corrected chi connectivity index (χ0v) is 8.36. The number of carbonyl (C=O) groups is 1. The first kappa shape index (κ1) is 11.0. The molecule has 0 spiro atoms. The third-order valence-electron chi connectivity index (χ3n) is 2.06. The Bertz CT molecular complexity index is 581. The lowest BCUT2D eigenvalue weighted by Gasteiger charge is -2.01. The van der Waals surface area contributed by atoms with Crippen LogP contribution in [0.25, 0.3) is 12.7 Å². The second-order valence-corrected chi connectivity index (χ2v) is 3.05. The summed E-state index contributed by atoms with van der Waals surface area (Å²) < 4.78 is 1.50. The number of nitrogens with zero attached hydrogens (tertiary/aromatic N) is 1. The Kier molecular flexibility index (Phi) is 2.90. The van der Waals surface area contributed by atoms with Crippen molar-refractivity contribution in [3.63, 3.8) is 0 Å². The van der Waals surface area contributed by atoms with Crippen molar-refractivity contribution in [2.75, 3.05) is 0 Å². The predicted molar refractivity (Wildman–Crippen MR) is 58.1 cm³/mol. The summed E-state index contributed by atoms with van der Waals surface area (Å²) in [6.07, 6.45) is 4.14. The van der Waals surface area contributed by atoms with Gasteiger partial charge in [-0.3, -0.25) is 4.79 Å². The summed E-state index contributed by atoms with van der Waals surface area (Å²) in [4.78, 5) is 22.4. The van der Waals surface area contributed by atoms with Crippen molar-refractivity contribution in [3.05, 3.63) is 45.2 Å². The van der Waals surface area contributed by atoms with Crippen LogP contribution in [0.5, 0.6) is 0 Å². The van der Waals surface area contributed by atoms with E-state index >= 15 is 0 Å². The molecular weight excluding hydrogens is 194 g/mol. The zero-order valence-electron chi connectivity index (χ0n) is 8.36. The van der Waals surface area contributed by atoms with Gasteiger partial charge in [-0.25, -0.2) is 4.79 Å². The van der Waals surface area contributed by atoms with Crippen molar-refractivity contribution in [2.45, 2.75) is 0 Å². The van der Waals surface area contributed by atoms with E-state index in [0.717, 1.165) is 0 Å². The molecule has 0 saturated heterocycles. The molecule has 0 bridgehead atoms. The normalized spacial score (nSPS) is 11.4. The van der Waals surface area contributed by atoms with E-state index in [2.05, 4.69) is 13.2 Å². The summed E-state index contributed by atoms with van der Waals surface area (Å²) >= 11 is 0. The molecule has 4 nitrogen and oxygen atoms in total. The first-order valence-corrected chi connectivity index (χ1v) is 4.23. The van der Waals surface area contributed by atoms with Crippen molar-refractivity contribution < 1.29 is 9.90 Å². The van der Waals surface area contributed by atoms with Gasteiger partial charge in [0.25, 0.3) is 0 Å². The SMILES string of the molecule is C=C/C=c1/c(=O)c(C(=O)O)cn(C)c1=C. The van der Waals surface area contributed by atoms with Gasteiger partial charge in [0, 0.05) is 23.8 Å². The summed E-state index contributed by atoms with van der Waals surface area (Å²) in [6.45, 7) is 7.15. The van der Waals surface area contributed by atoms with E-state index in [1.165, 1.54) is 22.9 Å². The van der Waals surface area contributed by atoms with Gasteiger partial charge < -0.3 is 9.67 Å². The van der Waals surface area contributed by atoms with Crippen molar-refractivity contribution in [1.82, 2.24) is 4.57 Å². The fourth-order valence-corrected chi connectivity index (χ4v) is 1.24. The van der Waals surface area contributed by atoms with Crippen LogP contribution in [0.2, 0.25) is 0 Å². The van der Waals surface area contributed by atoms with Crippen LogP contribution in [0, 0.1) is 0 Å². The molecule has 15 heavy (non-hydrogen) atoms. The van der Waals surface area contributed by atoms with E-state index in [9.17, 15) is 9.59 Å². The first-order chi connectivity index (χ1) is 6.99. The Hall–Kier alpha value is -2.10. The Labute approximate surface area is 86.1 Å². The number of pyridine rings is 1. The molecule has 0 aliphatic heterocycles. The van der Waals surface area contributed by atoms with Gasteiger partial charge in [0.15, 0.2) is 0 Å². The van der Waals surface area contributed by atoms with Crippen LogP contribution >= 0.6 is 0 Å². The van der Waals surface area contributed by atoms with Crippen LogP contribution < -0.4 is 16.0 Å². The lowest BCUT2D eigenvalue weighted by atomic mass is 10.2. The van der Waals surface area contributed by atoms with E-state index in [0.29, 0.717) is 5.35 Å². The fourth-order valence-electron chi connectivity index (χ4n) is 1.24. The number of aromatic carboxylic acids is 1. The highest BCUT2D eigenvalue weighted by atomic mass is 16.4. The van der Waals surface area contributed by atoms with Crippen molar-refractivity contribution in [3.8, 4) is 0 Å². The topological polar surface area (TPSA) is 59.3 Å². The molecule has 0 saturated carbocycles. The summed E-state index contributed by atoms with van der Waals surface area (Å²) in [7, 11) is 1.63. The molecule has 78 valence electrons. The van der Waals surface area contributed by atoms with Crippen molar-refractivity contribution in [2.24, 2.45) is 7.05 Å². The van der Waals surface area contributed by atoms with E-state index in [1.54, 1.807) is 7.05 Å². The van der Waals surface area contributed by atoms with Crippen LogP contribution in [0.15, 0.2) is 23.6 Å². The van der Waals surface area contributed by atoms with E-state index in [-0.39, 0.29) is 10.8 Å². The van der Waals surface area contributed by atoms with Crippen LogP contribution in [-0.2, 0) is 7.05 Å². The number of hydrogen-bond acceptors (Lipinski definition) is 2. The summed E-state index contributed by atoms with van der Waals surface area (Å²) in [5, 5.41) is 9.52. The molecule has 4 heteroatoms. The van der Waals surface area contributed by atoms with Gasteiger partial charge in [-0.15, -0.1) is 0 Å². The number of carboxylic acids is 1. The number of hydrogen-bond donors (Lipinski definition) is 1. The maximum atomic E-state index is 11.7. The Morgan fingerprint density at radius 2 is 2.20 bits per heavy atom. The second-order valence-electron chi connectivity index (χ2n) is 3.05. The molecule has 0 amide bonds.